The van der Waals surface area contributed by atoms with Crippen LogP contribution in [-0.2, 0) is 4.74 Å². The van der Waals surface area contributed by atoms with E-state index in [0.717, 1.165) is 29.5 Å². The number of furan rings is 1. The standard InChI is InChI=1S/C30H30N4O6/c1-18-16-32-23-14-26(28-25(37-3)13-21(17-33-28)30(36)34(2)8-9-35)40-29(23)27(18)19-4-5-24(20(12-19)15-31)39-22-6-10-38-11-7-22/h4-5,12-14,16-17,22,35H,6-11H2,1-3H3. The predicted molar refractivity (Wildman–Crippen MR) is 147 cm³/mol. The first-order valence-electron chi connectivity index (χ1n) is 13.0. The minimum Gasteiger partial charge on any atom is -0.494 e. The maximum atomic E-state index is 12.7. The Hall–Kier alpha value is -4.46. The van der Waals surface area contributed by atoms with Crippen molar-refractivity contribution in [2.75, 3.05) is 40.5 Å². The van der Waals surface area contributed by atoms with Gasteiger partial charge in [0.25, 0.3) is 5.91 Å². The molecule has 4 aromatic rings. The van der Waals surface area contributed by atoms with Crippen molar-refractivity contribution in [1.29, 1.82) is 5.26 Å². The monoisotopic (exact) mass is 542 g/mol. The molecule has 0 spiro atoms. The molecule has 10 nitrogen and oxygen atoms in total. The molecule has 1 amide bonds. The number of aliphatic hydroxyl groups excluding tert-OH is 1. The number of likely N-dealkylation sites (N-methyl/N-ethyl adjacent to an activating group) is 1. The van der Waals surface area contributed by atoms with Gasteiger partial charge in [-0.15, -0.1) is 0 Å². The van der Waals surface area contributed by atoms with Crippen molar-refractivity contribution < 1.29 is 28.5 Å². The van der Waals surface area contributed by atoms with Gasteiger partial charge in [-0.05, 0) is 36.2 Å². The minimum atomic E-state index is -0.284. The average molecular weight is 543 g/mol. The number of aliphatic hydroxyl groups is 1. The second-order valence-corrected chi connectivity index (χ2v) is 9.62. The number of methoxy groups -OCH3 is 1. The summed E-state index contributed by atoms with van der Waals surface area (Å²) in [6, 6.07) is 11.2. The molecular formula is C30H30N4O6. The third kappa shape index (κ3) is 5.34. The zero-order valence-electron chi connectivity index (χ0n) is 22.6. The number of hydrogen-bond acceptors (Lipinski definition) is 9. The van der Waals surface area contributed by atoms with E-state index in [9.17, 15) is 10.1 Å². The lowest BCUT2D eigenvalue weighted by Crippen LogP contribution is -2.29. The lowest BCUT2D eigenvalue weighted by Gasteiger charge is -2.24. The highest BCUT2D eigenvalue weighted by molar-refractivity contribution is 5.96. The number of benzene rings is 1. The molecule has 1 N–H and O–H groups in total. The molecule has 3 aromatic heterocycles. The number of aryl methyl sites for hydroxylation is 1. The Morgan fingerprint density at radius 3 is 2.70 bits per heavy atom. The highest BCUT2D eigenvalue weighted by Crippen LogP contribution is 2.39. The lowest BCUT2D eigenvalue weighted by atomic mass is 9.99. The Morgan fingerprint density at radius 2 is 1.98 bits per heavy atom. The van der Waals surface area contributed by atoms with Gasteiger partial charge in [0.2, 0.25) is 0 Å². The van der Waals surface area contributed by atoms with Crippen LogP contribution in [0.25, 0.3) is 33.7 Å². The van der Waals surface area contributed by atoms with Crippen molar-refractivity contribution in [3.63, 3.8) is 0 Å². The van der Waals surface area contributed by atoms with Gasteiger partial charge in [0.1, 0.15) is 34.9 Å². The van der Waals surface area contributed by atoms with Gasteiger partial charge in [0, 0.05) is 50.5 Å². The summed E-state index contributed by atoms with van der Waals surface area (Å²) in [4.78, 5) is 23.1. The summed E-state index contributed by atoms with van der Waals surface area (Å²) in [5.41, 5.74) is 4.83. The number of carbonyl (C=O) groups excluding carboxylic acids is 1. The number of ether oxygens (including phenoxy) is 3. The van der Waals surface area contributed by atoms with Crippen molar-refractivity contribution in [3.8, 4) is 40.1 Å². The molecule has 0 aliphatic carbocycles. The number of hydrogen-bond donors (Lipinski definition) is 1. The SMILES string of the molecule is COc1cc(C(=O)N(C)CCO)cnc1-c1cc2ncc(C)c(-c3ccc(OC4CCOCC4)c(C#N)c3)c2o1. The maximum Gasteiger partial charge on any atom is 0.255 e. The first-order valence-corrected chi connectivity index (χ1v) is 13.0. The molecule has 0 unspecified atom stereocenters. The number of nitrogens with zero attached hydrogens (tertiary/aromatic N) is 4. The van der Waals surface area contributed by atoms with Gasteiger partial charge in [-0.25, -0.2) is 4.98 Å². The molecule has 206 valence electrons. The lowest BCUT2D eigenvalue weighted by molar-refractivity contribution is 0.0254. The van der Waals surface area contributed by atoms with Crippen molar-refractivity contribution in [3.05, 3.63) is 59.4 Å². The summed E-state index contributed by atoms with van der Waals surface area (Å²) < 4.78 is 23.4. The first kappa shape index (κ1) is 27.1. The van der Waals surface area contributed by atoms with Crippen LogP contribution in [0.5, 0.6) is 11.5 Å². The van der Waals surface area contributed by atoms with Gasteiger partial charge < -0.3 is 28.6 Å². The van der Waals surface area contributed by atoms with E-state index in [4.69, 9.17) is 23.7 Å². The van der Waals surface area contributed by atoms with Crippen LogP contribution >= 0.6 is 0 Å². The van der Waals surface area contributed by atoms with E-state index < -0.39 is 0 Å². The molecule has 0 atom stereocenters. The van der Waals surface area contributed by atoms with E-state index in [1.54, 1.807) is 31.4 Å². The van der Waals surface area contributed by atoms with E-state index >= 15 is 0 Å². The maximum absolute atomic E-state index is 12.7. The van der Waals surface area contributed by atoms with Gasteiger partial charge in [-0.1, -0.05) is 6.07 Å². The van der Waals surface area contributed by atoms with Crippen molar-refractivity contribution in [2.24, 2.45) is 0 Å². The molecule has 1 aliphatic heterocycles. The highest BCUT2D eigenvalue weighted by Gasteiger charge is 2.22. The molecular weight excluding hydrogens is 512 g/mol. The van der Waals surface area contributed by atoms with E-state index in [1.807, 2.05) is 19.1 Å². The number of pyridine rings is 2. The van der Waals surface area contributed by atoms with E-state index in [2.05, 4.69) is 16.0 Å². The Labute approximate surface area is 231 Å². The van der Waals surface area contributed by atoms with Gasteiger partial charge in [0.05, 0.1) is 38.1 Å². The number of aromatic nitrogens is 2. The first-order chi connectivity index (χ1) is 19.4. The topological polar surface area (TPSA) is 131 Å². The highest BCUT2D eigenvalue weighted by atomic mass is 16.5. The van der Waals surface area contributed by atoms with Crippen molar-refractivity contribution in [2.45, 2.75) is 25.9 Å². The van der Waals surface area contributed by atoms with E-state index in [1.165, 1.54) is 18.2 Å². The summed E-state index contributed by atoms with van der Waals surface area (Å²) in [6.07, 6.45) is 4.82. The van der Waals surface area contributed by atoms with E-state index in [0.29, 0.717) is 58.4 Å². The molecule has 1 aromatic carbocycles. The van der Waals surface area contributed by atoms with Crippen LogP contribution in [-0.4, -0.2) is 72.5 Å². The molecule has 4 heterocycles. The summed E-state index contributed by atoms with van der Waals surface area (Å²) in [7, 11) is 3.10. The zero-order valence-corrected chi connectivity index (χ0v) is 22.6. The third-order valence-electron chi connectivity index (χ3n) is 6.92. The van der Waals surface area contributed by atoms with E-state index in [-0.39, 0.29) is 25.2 Å². The summed E-state index contributed by atoms with van der Waals surface area (Å²) in [5, 5.41) is 19.0. The molecule has 0 saturated carbocycles. The van der Waals surface area contributed by atoms with Crippen molar-refractivity contribution in [1.82, 2.24) is 14.9 Å². The fourth-order valence-electron chi connectivity index (χ4n) is 4.76. The van der Waals surface area contributed by atoms with Gasteiger partial charge >= 0.3 is 0 Å². The zero-order chi connectivity index (χ0) is 28.2. The molecule has 5 rings (SSSR count). The third-order valence-corrected chi connectivity index (χ3v) is 6.92. The molecule has 0 bridgehead atoms. The largest absolute Gasteiger partial charge is 0.494 e. The second-order valence-electron chi connectivity index (χ2n) is 9.62. The van der Waals surface area contributed by atoms with Crippen LogP contribution in [0.3, 0.4) is 0 Å². The average Bonchev–Trinajstić information content (AvgIpc) is 3.41. The normalized spacial score (nSPS) is 13.7. The quantitative estimate of drug-likeness (QED) is 0.345. The Bertz CT molecular complexity index is 1590. The number of rotatable bonds is 8. The minimum absolute atomic E-state index is 0.0212. The molecule has 1 aliphatic rings. The summed E-state index contributed by atoms with van der Waals surface area (Å²) in [6.45, 7) is 3.30. The summed E-state index contributed by atoms with van der Waals surface area (Å²) in [5.74, 6) is 1.05. The molecule has 1 fully saturated rings. The number of amides is 1. The van der Waals surface area contributed by atoms with Gasteiger partial charge in [0.15, 0.2) is 11.3 Å². The fourth-order valence-corrected chi connectivity index (χ4v) is 4.76. The van der Waals surface area contributed by atoms with Gasteiger partial charge in [-0.2, -0.15) is 5.26 Å². The number of nitriles is 1. The molecule has 0 radical (unpaired) electrons. The number of carbonyl (C=O) groups is 1. The summed E-state index contributed by atoms with van der Waals surface area (Å²) >= 11 is 0. The fraction of sp³-hybridized carbons (Fsp3) is 0.333. The number of fused-ring (bicyclic) bond motifs is 1. The Morgan fingerprint density at radius 1 is 1.18 bits per heavy atom. The van der Waals surface area contributed by atoms with Crippen LogP contribution in [0, 0.1) is 18.3 Å². The molecule has 40 heavy (non-hydrogen) atoms. The predicted octanol–water partition coefficient (Wildman–Crippen LogP) is 4.37. The Kier molecular flexibility index (Phi) is 7.96. The molecule has 10 heteroatoms. The van der Waals surface area contributed by atoms with Crippen molar-refractivity contribution >= 4 is 17.0 Å². The van der Waals surface area contributed by atoms with Gasteiger partial charge in [-0.3, -0.25) is 9.78 Å². The Balaban J connectivity index is 1.52. The van der Waals surface area contributed by atoms with Crippen LogP contribution in [0.4, 0.5) is 0 Å². The van der Waals surface area contributed by atoms with Crippen LogP contribution in [0.2, 0.25) is 0 Å². The molecule has 1 saturated heterocycles. The smallest absolute Gasteiger partial charge is 0.255 e. The van der Waals surface area contributed by atoms with Crippen LogP contribution in [0.15, 0.2) is 47.1 Å². The van der Waals surface area contributed by atoms with Crippen LogP contribution < -0.4 is 9.47 Å². The van der Waals surface area contributed by atoms with Crippen LogP contribution in [0.1, 0.15) is 34.3 Å². The second kappa shape index (κ2) is 11.7.